The van der Waals surface area contributed by atoms with Crippen molar-refractivity contribution >= 4 is 24.6 Å². The zero-order valence-electron chi connectivity index (χ0n) is 7.23. The summed E-state index contributed by atoms with van der Waals surface area (Å²) in [5, 5.41) is 12.5. The molecule has 0 aliphatic rings. The molecular weight excluding hydrogens is 192 g/mol. The summed E-state index contributed by atoms with van der Waals surface area (Å²) < 4.78 is 0. The summed E-state index contributed by atoms with van der Waals surface area (Å²) >= 11 is 0. The lowest BCUT2D eigenvalue weighted by Crippen LogP contribution is -2.42. The lowest BCUT2D eigenvalue weighted by atomic mass is 10.2. The van der Waals surface area contributed by atoms with Crippen LogP contribution in [0.5, 0.6) is 0 Å². The molecule has 0 heterocycles. The number of amides is 2. The number of aliphatic carboxylic acids is 1. The number of carboxylic acids is 1. The topological polar surface area (TPSA) is 113 Å². The van der Waals surface area contributed by atoms with E-state index in [2.05, 4.69) is 10.6 Å². The maximum atomic E-state index is 10.9. The minimum absolute atomic E-state index is 0.284. The van der Waals surface area contributed by atoms with E-state index in [1.54, 1.807) is 0 Å². The summed E-state index contributed by atoms with van der Waals surface area (Å²) in [7, 11) is 0. The van der Waals surface area contributed by atoms with Gasteiger partial charge in [0.05, 0.1) is 19.0 Å². The maximum absolute atomic E-state index is 10.9. The van der Waals surface area contributed by atoms with Crippen LogP contribution in [0.4, 0.5) is 0 Å². The fourth-order valence-corrected chi connectivity index (χ4v) is 0.713. The second kappa shape index (κ2) is 6.58. The number of hydrogen-bond donors (Lipinski definition) is 3. The van der Waals surface area contributed by atoms with Crippen molar-refractivity contribution in [2.75, 3.05) is 6.54 Å². The molecule has 2 amide bonds. The largest absolute Gasteiger partial charge is 0.481 e. The summed E-state index contributed by atoms with van der Waals surface area (Å²) in [5.74, 6) is -1.80. The van der Waals surface area contributed by atoms with Crippen LogP contribution in [-0.2, 0) is 19.2 Å². The molecule has 0 aromatic carbocycles. The summed E-state index contributed by atoms with van der Waals surface area (Å²) in [5.41, 5.74) is 0. The molecule has 0 aliphatic heterocycles. The number of rotatable bonds is 7. The highest BCUT2D eigenvalue weighted by Gasteiger charge is 2.14. The van der Waals surface area contributed by atoms with E-state index in [0.717, 1.165) is 0 Å². The molecule has 0 aliphatic carbocycles. The zero-order valence-corrected chi connectivity index (χ0v) is 7.23. The highest BCUT2D eigenvalue weighted by atomic mass is 16.4. The Morgan fingerprint density at radius 1 is 1.36 bits per heavy atom. The zero-order chi connectivity index (χ0) is 11.0. The molecule has 0 saturated heterocycles. The van der Waals surface area contributed by atoms with Gasteiger partial charge in [-0.2, -0.15) is 0 Å². The van der Waals surface area contributed by atoms with E-state index in [9.17, 15) is 19.2 Å². The van der Waals surface area contributed by atoms with E-state index in [0.29, 0.717) is 12.7 Å². The van der Waals surface area contributed by atoms with Crippen LogP contribution in [0.1, 0.15) is 6.42 Å². The number of aldehydes is 1. The van der Waals surface area contributed by atoms with Crippen LogP contribution in [0.3, 0.4) is 0 Å². The Balaban J connectivity index is 3.91. The van der Waals surface area contributed by atoms with Gasteiger partial charge in [0.25, 0.3) is 0 Å². The van der Waals surface area contributed by atoms with Crippen LogP contribution in [-0.4, -0.2) is 42.3 Å². The molecule has 78 valence electrons. The smallest absolute Gasteiger partial charge is 0.305 e. The first-order valence-corrected chi connectivity index (χ1v) is 3.73. The first-order valence-electron chi connectivity index (χ1n) is 3.73. The van der Waals surface area contributed by atoms with Crippen molar-refractivity contribution in [3.05, 3.63) is 0 Å². The van der Waals surface area contributed by atoms with Gasteiger partial charge in [0.1, 0.15) is 6.29 Å². The molecule has 14 heavy (non-hydrogen) atoms. The quantitative estimate of drug-likeness (QED) is 0.409. The Morgan fingerprint density at radius 2 is 2.00 bits per heavy atom. The molecule has 0 aromatic rings. The monoisotopic (exact) mass is 202 g/mol. The van der Waals surface area contributed by atoms with Gasteiger partial charge in [-0.1, -0.05) is 0 Å². The molecule has 0 unspecified atom stereocenters. The fourth-order valence-electron chi connectivity index (χ4n) is 0.713. The summed E-state index contributed by atoms with van der Waals surface area (Å²) in [4.78, 5) is 41.1. The second-order valence-electron chi connectivity index (χ2n) is 2.41. The van der Waals surface area contributed by atoms with Crippen molar-refractivity contribution in [1.29, 1.82) is 0 Å². The highest BCUT2D eigenvalue weighted by Crippen LogP contribution is 1.87. The standard InChI is InChI=1S/C7H10N2O5/c10-3-5(1-7(13)14)9-6(12)2-8-4-11/h3-5H,1-2H2,(H,8,11)(H,9,12)(H,13,14)/t5-/m0/s1. The van der Waals surface area contributed by atoms with Gasteiger partial charge in [-0.15, -0.1) is 0 Å². The van der Waals surface area contributed by atoms with Crippen molar-refractivity contribution in [2.24, 2.45) is 0 Å². The molecule has 7 nitrogen and oxygen atoms in total. The Bertz CT molecular complexity index is 240. The van der Waals surface area contributed by atoms with Crippen LogP contribution in [0, 0.1) is 0 Å². The van der Waals surface area contributed by atoms with Gasteiger partial charge < -0.3 is 20.5 Å². The van der Waals surface area contributed by atoms with E-state index in [-0.39, 0.29) is 6.54 Å². The molecule has 0 rings (SSSR count). The average molecular weight is 202 g/mol. The minimum atomic E-state index is -1.19. The number of carbonyl (C=O) groups is 4. The minimum Gasteiger partial charge on any atom is -0.481 e. The number of carboxylic acid groups (broad SMARTS) is 1. The Morgan fingerprint density at radius 3 is 2.43 bits per heavy atom. The van der Waals surface area contributed by atoms with E-state index in [1.807, 2.05) is 0 Å². The van der Waals surface area contributed by atoms with Gasteiger partial charge in [-0.25, -0.2) is 0 Å². The van der Waals surface area contributed by atoms with Crippen molar-refractivity contribution in [1.82, 2.24) is 10.6 Å². The van der Waals surface area contributed by atoms with Gasteiger partial charge in [-0.05, 0) is 0 Å². The van der Waals surface area contributed by atoms with Gasteiger partial charge in [0.2, 0.25) is 12.3 Å². The molecular formula is C7H10N2O5. The molecule has 0 aromatic heterocycles. The molecule has 1 atom stereocenters. The third-order valence-corrected chi connectivity index (χ3v) is 1.25. The third kappa shape index (κ3) is 5.70. The van der Waals surface area contributed by atoms with Gasteiger partial charge >= 0.3 is 5.97 Å². The molecule has 0 radical (unpaired) electrons. The highest BCUT2D eigenvalue weighted by molar-refractivity contribution is 5.84. The van der Waals surface area contributed by atoms with Crippen LogP contribution in [0.25, 0.3) is 0 Å². The van der Waals surface area contributed by atoms with Crippen LogP contribution in [0.15, 0.2) is 0 Å². The van der Waals surface area contributed by atoms with E-state index in [4.69, 9.17) is 5.11 Å². The van der Waals surface area contributed by atoms with Crippen molar-refractivity contribution in [3.8, 4) is 0 Å². The Kier molecular flexibility index (Phi) is 5.68. The molecule has 0 bridgehead atoms. The van der Waals surface area contributed by atoms with Crippen molar-refractivity contribution in [3.63, 3.8) is 0 Å². The van der Waals surface area contributed by atoms with E-state index < -0.39 is 24.3 Å². The predicted octanol–water partition coefficient (Wildman–Crippen LogP) is -2.11. The molecule has 0 spiro atoms. The first kappa shape index (κ1) is 12.1. The van der Waals surface area contributed by atoms with Crippen LogP contribution >= 0.6 is 0 Å². The second-order valence-corrected chi connectivity index (χ2v) is 2.41. The molecule has 7 heteroatoms. The van der Waals surface area contributed by atoms with Crippen molar-refractivity contribution in [2.45, 2.75) is 12.5 Å². The number of carbonyl (C=O) groups excluding carboxylic acids is 3. The van der Waals surface area contributed by atoms with Gasteiger partial charge in [-0.3, -0.25) is 14.4 Å². The average Bonchev–Trinajstić information content (AvgIpc) is 2.12. The third-order valence-electron chi connectivity index (χ3n) is 1.25. The van der Waals surface area contributed by atoms with Crippen LogP contribution < -0.4 is 10.6 Å². The first-order chi connectivity index (χ1) is 6.60. The fraction of sp³-hybridized carbons (Fsp3) is 0.429. The molecule has 3 N–H and O–H groups in total. The summed E-state index contributed by atoms with van der Waals surface area (Å²) in [6.45, 7) is -0.284. The van der Waals surface area contributed by atoms with E-state index in [1.165, 1.54) is 0 Å². The van der Waals surface area contributed by atoms with Gasteiger partial charge in [0, 0.05) is 0 Å². The van der Waals surface area contributed by atoms with Gasteiger partial charge in [0.15, 0.2) is 0 Å². The lowest BCUT2D eigenvalue weighted by molar-refractivity contribution is -0.138. The lowest BCUT2D eigenvalue weighted by Gasteiger charge is -2.09. The summed E-state index contributed by atoms with van der Waals surface area (Å²) in [6, 6.07) is -1.06. The van der Waals surface area contributed by atoms with Crippen LogP contribution in [0.2, 0.25) is 0 Å². The maximum Gasteiger partial charge on any atom is 0.305 e. The van der Waals surface area contributed by atoms with Crippen molar-refractivity contribution < 1.29 is 24.3 Å². The number of hydrogen-bond acceptors (Lipinski definition) is 4. The Labute approximate surface area is 79.5 Å². The predicted molar refractivity (Wildman–Crippen MR) is 44.3 cm³/mol. The van der Waals surface area contributed by atoms with E-state index >= 15 is 0 Å². The normalized spacial score (nSPS) is 11.1. The SMILES string of the molecule is O=CNCC(=O)N[C@H](C=O)CC(=O)O. The summed E-state index contributed by atoms with van der Waals surface area (Å²) in [6.07, 6.45) is 0.177. The Hall–Kier alpha value is -1.92. The molecule has 0 saturated carbocycles. The molecule has 0 fully saturated rings. The number of nitrogens with one attached hydrogen (secondary N) is 2.